The fourth-order valence-corrected chi connectivity index (χ4v) is 2.97. The average molecular weight is 229 g/mol. The molecule has 2 aliphatic rings. The lowest BCUT2D eigenvalue weighted by atomic mass is 9.87. The molecule has 0 N–H and O–H groups in total. The summed E-state index contributed by atoms with van der Waals surface area (Å²) in [5.41, 5.74) is 4.71. The summed E-state index contributed by atoms with van der Waals surface area (Å²) in [5, 5.41) is 0. The van der Waals surface area contributed by atoms with Crippen molar-refractivity contribution in [3.05, 3.63) is 35.4 Å². The first-order valence-corrected chi connectivity index (χ1v) is 6.58. The van der Waals surface area contributed by atoms with Crippen molar-refractivity contribution in [2.45, 2.75) is 38.6 Å². The smallest absolute Gasteiger partial charge is 0.115 e. The van der Waals surface area contributed by atoms with Crippen LogP contribution >= 0.6 is 0 Å². The lowest BCUT2D eigenvalue weighted by Gasteiger charge is -2.33. The highest BCUT2D eigenvalue weighted by molar-refractivity contribution is 5.21. The Morgan fingerprint density at radius 3 is 2.59 bits per heavy atom. The number of nitrogens with zero attached hydrogens (tertiary/aromatic N) is 3. The zero-order valence-electron chi connectivity index (χ0n) is 10.2. The highest BCUT2D eigenvalue weighted by Gasteiger charge is 2.20. The van der Waals surface area contributed by atoms with E-state index >= 15 is 0 Å². The van der Waals surface area contributed by atoms with Gasteiger partial charge >= 0.3 is 0 Å². The molecule has 1 aromatic rings. The van der Waals surface area contributed by atoms with Gasteiger partial charge < -0.3 is 0 Å². The first kappa shape index (κ1) is 10.9. The molecule has 1 aliphatic heterocycles. The first-order chi connectivity index (χ1) is 8.42. The summed E-state index contributed by atoms with van der Waals surface area (Å²) in [7, 11) is 0. The number of hydrogen-bond donors (Lipinski definition) is 0. The molecule has 0 aromatic carbocycles. The van der Waals surface area contributed by atoms with Crippen molar-refractivity contribution in [1.29, 1.82) is 0 Å². The highest BCUT2D eigenvalue weighted by atomic mass is 15.1. The van der Waals surface area contributed by atoms with E-state index in [2.05, 4.69) is 14.9 Å². The molecule has 0 radical (unpaired) electrons. The Hall–Kier alpha value is -1.22. The van der Waals surface area contributed by atoms with Gasteiger partial charge in [0, 0.05) is 37.6 Å². The SMILES string of the molecule is c1ncc(CN2CCC3=C(CCCC3)C2)cn1. The largest absolute Gasteiger partial charge is 0.295 e. The van der Waals surface area contributed by atoms with Crippen molar-refractivity contribution >= 4 is 0 Å². The summed E-state index contributed by atoms with van der Waals surface area (Å²) in [5.74, 6) is 0. The number of rotatable bonds is 2. The summed E-state index contributed by atoms with van der Waals surface area (Å²) in [6.45, 7) is 3.37. The van der Waals surface area contributed by atoms with E-state index in [1.807, 2.05) is 12.4 Å². The van der Waals surface area contributed by atoms with Crippen LogP contribution in [0.2, 0.25) is 0 Å². The molecule has 1 aliphatic carbocycles. The molecule has 0 fully saturated rings. The molecule has 90 valence electrons. The van der Waals surface area contributed by atoms with Crippen LogP contribution in [-0.4, -0.2) is 28.0 Å². The van der Waals surface area contributed by atoms with Gasteiger partial charge in [-0.3, -0.25) is 4.90 Å². The van der Waals surface area contributed by atoms with Gasteiger partial charge in [-0.2, -0.15) is 0 Å². The van der Waals surface area contributed by atoms with Gasteiger partial charge in [-0.15, -0.1) is 0 Å². The molecule has 3 rings (SSSR count). The molecule has 0 unspecified atom stereocenters. The van der Waals surface area contributed by atoms with Crippen molar-refractivity contribution in [3.8, 4) is 0 Å². The molecule has 17 heavy (non-hydrogen) atoms. The quantitative estimate of drug-likeness (QED) is 0.730. The van der Waals surface area contributed by atoms with E-state index < -0.39 is 0 Å². The normalized spacial score (nSPS) is 21.4. The molecule has 0 saturated carbocycles. The van der Waals surface area contributed by atoms with Crippen molar-refractivity contribution in [2.24, 2.45) is 0 Å². The zero-order valence-corrected chi connectivity index (χ0v) is 10.2. The topological polar surface area (TPSA) is 29.0 Å². The van der Waals surface area contributed by atoms with E-state index in [-0.39, 0.29) is 0 Å². The second-order valence-corrected chi connectivity index (χ2v) is 5.12. The fourth-order valence-electron chi connectivity index (χ4n) is 2.97. The minimum Gasteiger partial charge on any atom is -0.295 e. The molecule has 3 nitrogen and oxygen atoms in total. The molecular formula is C14H19N3. The van der Waals surface area contributed by atoms with E-state index in [0.29, 0.717) is 0 Å². The van der Waals surface area contributed by atoms with E-state index in [9.17, 15) is 0 Å². The predicted molar refractivity (Wildman–Crippen MR) is 67.4 cm³/mol. The number of hydrogen-bond acceptors (Lipinski definition) is 3. The molecule has 0 atom stereocenters. The van der Waals surface area contributed by atoms with Crippen LogP contribution in [0.4, 0.5) is 0 Å². The van der Waals surface area contributed by atoms with Crippen molar-refractivity contribution in [2.75, 3.05) is 13.1 Å². The molecule has 0 bridgehead atoms. The van der Waals surface area contributed by atoms with Crippen LogP contribution in [0.25, 0.3) is 0 Å². The molecule has 0 spiro atoms. The van der Waals surface area contributed by atoms with Gasteiger partial charge in [-0.1, -0.05) is 11.1 Å². The van der Waals surface area contributed by atoms with Gasteiger partial charge in [-0.05, 0) is 32.1 Å². The van der Waals surface area contributed by atoms with Crippen LogP contribution in [0.3, 0.4) is 0 Å². The third kappa shape index (κ3) is 2.55. The molecule has 0 amide bonds. The second-order valence-electron chi connectivity index (χ2n) is 5.12. The molecule has 2 heterocycles. The van der Waals surface area contributed by atoms with Crippen LogP contribution in [0.5, 0.6) is 0 Å². The summed E-state index contributed by atoms with van der Waals surface area (Å²) in [6.07, 6.45) is 12.2. The van der Waals surface area contributed by atoms with E-state index in [1.165, 1.54) is 50.8 Å². The predicted octanol–water partition coefficient (Wildman–Crippen LogP) is 2.55. The Balaban J connectivity index is 1.66. The van der Waals surface area contributed by atoms with Crippen LogP contribution in [-0.2, 0) is 6.54 Å². The van der Waals surface area contributed by atoms with Crippen molar-refractivity contribution < 1.29 is 0 Å². The Labute approximate surface area is 103 Å². The van der Waals surface area contributed by atoms with Gasteiger partial charge in [0.15, 0.2) is 0 Å². The third-order valence-electron chi connectivity index (χ3n) is 3.87. The minimum absolute atomic E-state index is 0.998. The Morgan fingerprint density at radius 2 is 1.76 bits per heavy atom. The Kier molecular flexibility index (Phi) is 3.18. The van der Waals surface area contributed by atoms with Crippen LogP contribution in [0.15, 0.2) is 29.9 Å². The molecular weight excluding hydrogens is 210 g/mol. The maximum absolute atomic E-state index is 4.08. The summed E-state index contributed by atoms with van der Waals surface area (Å²) >= 11 is 0. The van der Waals surface area contributed by atoms with Gasteiger partial charge in [-0.25, -0.2) is 9.97 Å². The maximum atomic E-state index is 4.08. The fraction of sp³-hybridized carbons (Fsp3) is 0.571. The Bertz CT molecular complexity index is 411. The Morgan fingerprint density at radius 1 is 1.00 bits per heavy atom. The number of aromatic nitrogens is 2. The lowest BCUT2D eigenvalue weighted by molar-refractivity contribution is 0.266. The zero-order chi connectivity index (χ0) is 11.5. The summed E-state index contributed by atoms with van der Waals surface area (Å²) < 4.78 is 0. The van der Waals surface area contributed by atoms with Crippen LogP contribution in [0.1, 0.15) is 37.7 Å². The molecule has 0 saturated heterocycles. The molecule has 1 aromatic heterocycles. The van der Waals surface area contributed by atoms with Gasteiger partial charge in [0.1, 0.15) is 6.33 Å². The third-order valence-corrected chi connectivity index (χ3v) is 3.87. The summed E-state index contributed by atoms with van der Waals surface area (Å²) in [6, 6.07) is 0. The lowest BCUT2D eigenvalue weighted by Crippen LogP contribution is -2.32. The van der Waals surface area contributed by atoms with Gasteiger partial charge in [0.05, 0.1) is 0 Å². The van der Waals surface area contributed by atoms with Crippen molar-refractivity contribution in [3.63, 3.8) is 0 Å². The van der Waals surface area contributed by atoms with Gasteiger partial charge in [0.2, 0.25) is 0 Å². The molecule has 3 heteroatoms. The maximum Gasteiger partial charge on any atom is 0.115 e. The monoisotopic (exact) mass is 229 g/mol. The average Bonchev–Trinajstić information content (AvgIpc) is 2.40. The van der Waals surface area contributed by atoms with E-state index in [4.69, 9.17) is 0 Å². The van der Waals surface area contributed by atoms with E-state index in [1.54, 1.807) is 17.5 Å². The van der Waals surface area contributed by atoms with Gasteiger partial charge in [0.25, 0.3) is 0 Å². The van der Waals surface area contributed by atoms with Crippen LogP contribution < -0.4 is 0 Å². The summed E-state index contributed by atoms with van der Waals surface area (Å²) in [4.78, 5) is 10.7. The first-order valence-electron chi connectivity index (χ1n) is 6.58. The highest BCUT2D eigenvalue weighted by Crippen LogP contribution is 2.31. The second kappa shape index (κ2) is 4.96. The van der Waals surface area contributed by atoms with Crippen molar-refractivity contribution in [1.82, 2.24) is 14.9 Å². The standard InChI is InChI=1S/C14H19N3/c1-2-4-14-10-17(6-5-13(14)3-1)9-12-7-15-11-16-8-12/h7-8,11H,1-6,9-10H2. The van der Waals surface area contributed by atoms with E-state index in [0.717, 1.165) is 6.54 Å². The minimum atomic E-state index is 0.998. The van der Waals surface area contributed by atoms with Crippen LogP contribution in [0, 0.1) is 0 Å².